The van der Waals surface area contributed by atoms with E-state index in [4.69, 9.17) is 5.21 Å². The molecule has 3 N–H and O–H groups in total. The van der Waals surface area contributed by atoms with Gasteiger partial charge >= 0.3 is 0 Å². The largest absolute Gasteiger partial charge is 0.411 e. The van der Waals surface area contributed by atoms with E-state index >= 15 is 0 Å². The molecule has 0 amide bonds. The fourth-order valence-corrected chi connectivity index (χ4v) is 1.00. The molecular formula is C11H11N3O3. The maximum absolute atomic E-state index is 10.9. The van der Waals surface area contributed by atoms with Gasteiger partial charge in [0, 0.05) is 17.8 Å². The van der Waals surface area contributed by atoms with Crippen LogP contribution in [0.1, 0.15) is 10.4 Å². The Morgan fingerprint density at radius 2 is 1.94 bits per heavy atom. The summed E-state index contributed by atoms with van der Waals surface area (Å²) >= 11 is 0. The molecule has 17 heavy (non-hydrogen) atoms. The number of benzene rings is 1. The van der Waals surface area contributed by atoms with Gasteiger partial charge in [-0.2, -0.15) is 0 Å². The van der Waals surface area contributed by atoms with Gasteiger partial charge in [0.2, 0.25) is 5.78 Å². The zero-order chi connectivity index (χ0) is 12.5. The van der Waals surface area contributed by atoms with Gasteiger partial charge in [-0.3, -0.25) is 14.7 Å². The molecule has 0 spiro atoms. The Labute approximate surface area is 96.6 Å². The normalized spacial score (nSPS) is 9.65. The number of nitrogens with one attached hydrogen (secondary N) is 2. The Morgan fingerprint density at radius 3 is 2.35 bits per heavy atom. The first-order valence-electron chi connectivity index (χ1n) is 4.73. The molecule has 0 unspecified atom stereocenters. The number of Topliss-reactive ketones (excluding diaryl/α,β-unsaturated/α-hetero) is 1. The third kappa shape index (κ3) is 4.61. The van der Waals surface area contributed by atoms with Crippen LogP contribution in [0, 0.1) is 0 Å². The van der Waals surface area contributed by atoms with Crippen LogP contribution in [0.25, 0.3) is 0 Å². The monoisotopic (exact) mass is 233 g/mol. The lowest BCUT2D eigenvalue weighted by Crippen LogP contribution is -1.98. The lowest BCUT2D eigenvalue weighted by atomic mass is 10.1. The van der Waals surface area contributed by atoms with Gasteiger partial charge in [-0.25, -0.2) is 0 Å². The molecule has 0 aliphatic rings. The van der Waals surface area contributed by atoms with Crippen LogP contribution in [-0.2, 0) is 0 Å². The van der Waals surface area contributed by atoms with E-state index in [1.165, 1.54) is 6.07 Å². The van der Waals surface area contributed by atoms with Crippen molar-refractivity contribution in [1.82, 2.24) is 10.2 Å². The summed E-state index contributed by atoms with van der Waals surface area (Å²) in [6.45, 7) is 0. The molecule has 0 fully saturated rings. The second kappa shape index (κ2) is 6.78. The van der Waals surface area contributed by atoms with E-state index in [1.807, 2.05) is 6.07 Å². The predicted octanol–water partition coefficient (Wildman–Crippen LogP) is 1.03. The van der Waals surface area contributed by atoms with Crippen LogP contribution in [0.2, 0.25) is 0 Å². The van der Waals surface area contributed by atoms with Gasteiger partial charge < -0.3 is 10.3 Å². The second-order valence-corrected chi connectivity index (χ2v) is 2.94. The topological polar surface area (TPSA) is 98.3 Å². The molecule has 6 heteroatoms. The summed E-state index contributed by atoms with van der Waals surface area (Å²) in [5.74, 6) is -0.298. The molecule has 2 aromatic rings. The van der Waals surface area contributed by atoms with Crippen molar-refractivity contribution in [1.29, 1.82) is 0 Å². The summed E-state index contributed by atoms with van der Waals surface area (Å²) in [5, 5.41) is 15.5. The Balaban J connectivity index is 0.000000202. The summed E-state index contributed by atoms with van der Waals surface area (Å²) < 4.78 is 0. The zero-order valence-electron chi connectivity index (χ0n) is 8.83. The minimum atomic E-state index is -0.298. The second-order valence-electron chi connectivity index (χ2n) is 2.94. The van der Waals surface area contributed by atoms with Gasteiger partial charge in [-0.15, -0.1) is 0 Å². The van der Waals surface area contributed by atoms with Gasteiger partial charge in [0.1, 0.15) is 6.21 Å². The van der Waals surface area contributed by atoms with E-state index < -0.39 is 0 Å². The number of aromatic nitrogens is 2. The highest BCUT2D eigenvalue weighted by molar-refractivity contribution is 6.35. The lowest BCUT2D eigenvalue weighted by molar-refractivity contribution is 0.106. The SMILES string of the molecule is O=C(C=NO)c1ccccc1.O=c1cc[nH][nH]1. The zero-order valence-corrected chi connectivity index (χ0v) is 8.83. The van der Waals surface area contributed by atoms with Gasteiger partial charge in [0.15, 0.2) is 0 Å². The highest BCUT2D eigenvalue weighted by atomic mass is 16.4. The van der Waals surface area contributed by atoms with E-state index in [0.29, 0.717) is 5.56 Å². The highest BCUT2D eigenvalue weighted by Gasteiger charge is 1.98. The third-order valence-electron chi connectivity index (χ3n) is 1.75. The quantitative estimate of drug-likeness (QED) is 0.312. The molecule has 1 heterocycles. The van der Waals surface area contributed by atoms with Crippen molar-refractivity contribution in [2.24, 2.45) is 5.16 Å². The fraction of sp³-hybridized carbons (Fsp3) is 0. The van der Waals surface area contributed by atoms with E-state index in [0.717, 1.165) is 6.21 Å². The van der Waals surface area contributed by atoms with Crippen LogP contribution in [0.15, 0.2) is 52.5 Å². The highest BCUT2D eigenvalue weighted by Crippen LogP contribution is 1.97. The minimum Gasteiger partial charge on any atom is -0.411 e. The fourth-order valence-electron chi connectivity index (χ4n) is 1.00. The number of oxime groups is 1. The number of nitrogens with zero attached hydrogens (tertiary/aromatic N) is 1. The summed E-state index contributed by atoms with van der Waals surface area (Å²) in [5.41, 5.74) is 0.431. The molecule has 0 aliphatic carbocycles. The van der Waals surface area contributed by atoms with Gasteiger partial charge in [-0.05, 0) is 0 Å². The number of H-pyrrole nitrogens is 2. The van der Waals surface area contributed by atoms with Crippen LogP contribution >= 0.6 is 0 Å². The van der Waals surface area contributed by atoms with E-state index in [2.05, 4.69) is 15.4 Å². The van der Waals surface area contributed by atoms with Crippen LogP contribution in [0.5, 0.6) is 0 Å². The number of hydrogen-bond acceptors (Lipinski definition) is 4. The van der Waals surface area contributed by atoms with Crippen molar-refractivity contribution < 1.29 is 10.0 Å². The van der Waals surface area contributed by atoms with E-state index in [-0.39, 0.29) is 11.3 Å². The Morgan fingerprint density at radius 1 is 1.24 bits per heavy atom. The standard InChI is InChI=1S/C8H7NO2.C3H4N2O/c10-8(6-9-11)7-4-2-1-3-5-7;6-3-1-2-4-5-3/h1-6,11H;1-2H,(H2,4,5,6). The van der Waals surface area contributed by atoms with Crippen LogP contribution in [0.3, 0.4) is 0 Å². The third-order valence-corrected chi connectivity index (χ3v) is 1.75. The van der Waals surface area contributed by atoms with Crippen molar-refractivity contribution >= 4 is 12.0 Å². The van der Waals surface area contributed by atoms with Crippen molar-refractivity contribution in [3.63, 3.8) is 0 Å². The molecule has 2 rings (SSSR count). The first-order valence-corrected chi connectivity index (χ1v) is 4.73. The number of carbonyl (C=O) groups excluding carboxylic acids is 1. The smallest absolute Gasteiger partial charge is 0.263 e. The number of aromatic amines is 2. The summed E-state index contributed by atoms with van der Waals surface area (Å²) in [4.78, 5) is 20.9. The van der Waals surface area contributed by atoms with Gasteiger partial charge in [0.05, 0.1) is 0 Å². The molecule has 0 bridgehead atoms. The lowest BCUT2D eigenvalue weighted by Gasteiger charge is -1.90. The van der Waals surface area contributed by atoms with Gasteiger partial charge in [-0.1, -0.05) is 35.5 Å². The van der Waals surface area contributed by atoms with E-state index in [1.54, 1.807) is 30.5 Å². The number of carbonyl (C=O) groups is 1. The molecular weight excluding hydrogens is 222 g/mol. The van der Waals surface area contributed by atoms with Crippen molar-refractivity contribution in [3.8, 4) is 0 Å². The number of hydrogen-bond donors (Lipinski definition) is 3. The molecule has 6 nitrogen and oxygen atoms in total. The maximum atomic E-state index is 10.9. The first-order chi connectivity index (χ1) is 8.24. The van der Waals surface area contributed by atoms with E-state index in [9.17, 15) is 9.59 Å². The molecule has 0 saturated heterocycles. The molecule has 88 valence electrons. The van der Waals surface area contributed by atoms with Crippen LogP contribution < -0.4 is 5.56 Å². The summed E-state index contributed by atoms with van der Waals surface area (Å²) in [6.07, 6.45) is 2.41. The maximum Gasteiger partial charge on any atom is 0.263 e. The average molecular weight is 233 g/mol. The Bertz CT molecular complexity index is 511. The first kappa shape index (κ1) is 12.4. The van der Waals surface area contributed by atoms with Crippen LogP contribution in [0.4, 0.5) is 0 Å². The van der Waals surface area contributed by atoms with Crippen molar-refractivity contribution in [2.45, 2.75) is 0 Å². The Kier molecular flexibility index (Phi) is 4.96. The molecule has 0 atom stereocenters. The molecule has 1 aromatic carbocycles. The molecule has 0 aliphatic heterocycles. The summed E-state index contributed by atoms with van der Waals surface area (Å²) in [6, 6.07) is 10.0. The van der Waals surface area contributed by atoms with Crippen molar-refractivity contribution in [2.75, 3.05) is 0 Å². The van der Waals surface area contributed by atoms with Crippen LogP contribution in [-0.4, -0.2) is 27.4 Å². The molecule has 0 saturated carbocycles. The Hall–Kier alpha value is -2.63. The average Bonchev–Trinajstić information content (AvgIpc) is 2.83. The van der Waals surface area contributed by atoms with Crippen molar-refractivity contribution in [3.05, 3.63) is 58.5 Å². The number of rotatable bonds is 2. The number of ketones is 1. The minimum absolute atomic E-state index is 0.0880. The predicted molar refractivity (Wildman–Crippen MR) is 62.5 cm³/mol. The molecule has 0 radical (unpaired) electrons. The molecule has 1 aromatic heterocycles. The summed E-state index contributed by atoms with van der Waals surface area (Å²) in [7, 11) is 0. The van der Waals surface area contributed by atoms with Gasteiger partial charge in [0.25, 0.3) is 5.56 Å².